The van der Waals surface area contributed by atoms with Crippen molar-refractivity contribution in [2.24, 2.45) is 0 Å². The quantitative estimate of drug-likeness (QED) is 0.667. The summed E-state index contributed by atoms with van der Waals surface area (Å²) in [5, 5.41) is 0. The summed E-state index contributed by atoms with van der Waals surface area (Å²) in [5.74, 6) is -0.316. The van der Waals surface area contributed by atoms with Crippen LogP contribution < -0.4 is 4.72 Å². The maximum atomic E-state index is 12.0. The maximum absolute atomic E-state index is 12.0. The maximum Gasteiger partial charge on any atom is 0.258 e. The first-order valence-electron chi connectivity index (χ1n) is 6.57. The van der Waals surface area contributed by atoms with Crippen LogP contribution in [-0.2, 0) is 15.8 Å². The average molecular weight is 291 g/mol. The van der Waals surface area contributed by atoms with Crippen molar-refractivity contribution in [3.63, 3.8) is 0 Å². The Morgan fingerprint density at radius 3 is 2.35 bits per heavy atom. The van der Waals surface area contributed by atoms with Crippen LogP contribution in [0.3, 0.4) is 0 Å². The molecule has 1 N–H and O–H groups in total. The summed E-state index contributed by atoms with van der Waals surface area (Å²) in [6, 6.07) is 7.25. The fourth-order valence-corrected chi connectivity index (χ4v) is 2.18. The van der Waals surface area contributed by atoms with Crippen molar-refractivity contribution >= 4 is 16.9 Å². The fourth-order valence-electron chi connectivity index (χ4n) is 1.35. The molecule has 1 rings (SSSR count). The van der Waals surface area contributed by atoms with E-state index in [1.807, 2.05) is 32.1 Å². The van der Waals surface area contributed by atoms with Gasteiger partial charge in [0.15, 0.2) is 11.0 Å². The van der Waals surface area contributed by atoms with Gasteiger partial charge in [-0.1, -0.05) is 42.3 Å². The summed E-state index contributed by atoms with van der Waals surface area (Å²) < 4.78 is 14.5. The molecule has 0 saturated heterocycles. The molecule has 0 aliphatic carbocycles. The van der Waals surface area contributed by atoms with Gasteiger partial charge >= 0.3 is 0 Å². The summed E-state index contributed by atoms with van der Waals surface area (Å²) in [7, 11) is -1.52. The van der Waals surface area contributed by atoms with Crippen LogP contribution in [0.4, 0.5) is 0 Å². The number of allylic oxidation sites excluding steroid dienone is 3. The number of hydrogen-bond donors (Lipinski definition) is 1. The minimum atomic E-state index is -1.52. The first-order chi connectivity index (χ1) is 9.43. The van der Waals surface area contributed by atoms with Crippen molar-refractivity contribution in [1.29, 1.82) is 0 Å². The molecule has 0 bridgehead atoms. The molecule has 0 heterocycles. The lowest BCUT2D eigenvalue weighted by molar-refractivity contribution is -0.115. The van der Waals surface area contributed by atoms with Crippen molar-refractivity contribution in [3.8, 4) is 0 Å². The first kappa shape index (κ1) is 16.4. The molecule has 0 spiro atoms. The molecule has 0 radical (unpaired) electrons. The first-order valence-corrected chi connectivity index (χ1v) is 7.72. The lowest BCUT2D eigenvalue weighted by Crippen LogP contribution is -2.26. The van der Waals surface area contributed by atoms with Crippen LogP contribution in [0.25, 0.3) is 0 Å². The zero-order valence-electron chi connectivity index (χ0n) is 12.4. The molecule has 0 fully saturated rings. The minimum absolute atomic E-state index is 0.316. The van der Waals surface area contributed by atoms with E-state index in [1.165, 1.54) is 5.57 Å². The molecular formula is C16H21NO2S. The fraction of sp³-hybridized carbons (Fsp3) is 0.312. The Balaban J connectivity index is 2.70. The predicted octanol–water partition coefficient (Wildman–Crippen LogP) is 3.44. The smallest absolute Gasteiger partial charge is 0.258 e. The van der Waals surface area contributed by atoms with E-state index in [0.29, 0.717) is 10.5 Å². The van der Waals surface area contributed by atoms with Gasteiger partial charge in [0.25, 0.3) is 5.91 Å². The third-order valence-electron chi connectivity index (χ3n) is 2.95. The van der Waals surface area contributed by atoms with Gasteiger partial charge in [-0.05, 0) is 39.3 Å². The predicted molar refractivity (Wildman–Crippen MR) is 83.5 cm³/mol. The molecule has 0 saturated carbocycles. The Morgan fingerprint density at radius 1 is 1.20 bits per heavy atom. The number of nitrogens with one attached hydrogen (secondary N) is 1. The molecule has 108 valence electrons. The lowest BCUT2D eigenvalue weighted by Gasteiger charge is -2.05. The second-order valence-electron chi connectivity index (χ2n) is 4.73. The highest BCUT2D eigenvalue weighted by atomic mass is 32.2. The average Bonchev–Trinajstić information content (AvgIpc) is 2.44. The van der Waals surface area contributed by atoms with Gasteiger partial charge in [-0.15, -0.1) is 0 Å². The topological polar surface area (TPSA) is 46.2 Å². The Kier molecular flexibility index (Phi) is 6.39. The normalized spacial score (nSPS) is 14.0. The zero-order chi connectivity index (χ0) is 15.1. The van der Waals surface area contributed by atoms with E-state index in [0.717, 1.165) is 12.0 Å². The summed E-state index contributed by atoms with van der Waals surface area (Å²) in [6.07, 6.45) is 4.60. The molecule has 0 aromatic heterocycles. The summed E-state index contributed by atoms with van der Waals surface area (Å²) >= 11 is 0. The van der Waals surface area contributed by atoms with E-state index in [-0.39, 0.29) is 5.91 Å². The summed E-state index contributed by atoms with van der Waals surface area (Å²) in [5.41, 5.74) is 2.82. The Bertz CT molecular complexity index is 556. The van der Waals surface area contributed by atoms with Crippen LogP contribution >= 0.6 is 0 Å². The van der Waals surface area contributed by atoms with Gasteiger partial charge in [0, 0.05) is 5.57 Å². The third kappa shape index (κ3) is 5.13. The Morgan fingerprint density at radius 2 is 1.80 bits per heavy atom. The Labute approximate surface area is 123 Å². The van der Waals surface area contributed by atoms with E-state index < -0.39 is 11.0 Å². The molecule has 20 heavy (non-hydrogen) atoms. The van der Waals surface area contributed by atoms with Crippen LogP contribution in [0, 0.1) is 6.92 Å². The van der Waals surface area contributed by atoms with Gasteiger partial charge in [0.05, 0.1) is 4.90 Å². The molecule has 0 aliphatic rings. The number of hydrogen-bond acceptors (Lipinski definition) is 2. The van der Waals surface area contributed by atoms with Crippen molar-refractivity contribution < 1.29 is 9.00 Å². The van der Waals surface area contributed by atoms with Crippen molar-refractivity contribution in [2.75, 3.05) is 0 Å². The lowest BCUT2D eigenvalue weighted by atomic mass is 10.2. The molecule has 1 unspecified atom stereocenters. The van der Waals surface area contributed by atoms with E-state index in [9.17, 15) is 9.00 Å². The minimum Gasteiger partial charge on any atom is -0.269 e. The van der Waals surface area contributed by atoms with Crippen molar-refractivity contribution in [2.45, 2.75) is 39.0 Å². The van der Waals surface area contributed by atoms with Crippen LogP contribution in [0.2, 0.25) is 0 Å². The molecular weight excluding hydrogens is 270 g/mol. The van der Waals surface area contributed by atoms with E-state index in [4.69, 9.17) is 0 Å². The molecule has 1 aromatic carbocycles. The number of amides is 1. The van der Waals surface area contributed by atoms with Crippen LogP contribution in [0.5, 0.6) is 0 Å². The van der Waals surface area contributed by atoms with Crippen molar-refractivity contribution in [3.05, 3.63) is 53.1 Å². The number of carbonyl (C=O) groups is 1. The van der Waals surface area contributed by atoms with Gasteiger partial charge in [-0.25, -0.2) is 4.21 Å². The van der Waals surface area contributed by atoms with E-state index in [2.05, 4.69) is 11.6 Å². The standard InChI is InChI=1S/C16H21NO2S/c1-5-12(2)6-9-14(4)16(18)17-20(19)15-10-7-13(3)8-11-15/h6-11H,5H2,1-4H3,(H,17,18)/b12-6+,14-9+. The highest BCUT2D eigenvalue weighted by Crippen LogP contribution is 2.07. The number of carbonyl (C=O) groups excluding carboxylic acids is 1. The van der Waals surface area contributed by atoms with E-state index >= 15 is 0 Å². The van der Waals surface area contributed by atoms with Gasteiger partial charge < -0.3 is 0 Å². The van der Waals surface area contributed by atoms with E-state index in [1.54, 1.807) is 25.1 Å². The van der Waals surface area contributed by atoms with Gasteiger partial charge in [0.2, 0.25) is 0 Å². The molecule has 3 nitrogen and oxygen atoms in total. The van der Waals surface area contributed by atoms with Gasteiger partial charge in [-0.3, -0.25) is 9.52 Å². The second-order valence-corrected chi connectivity index (χ2v) is 5.94. The van der Waals surface area contributed by atoms with Crippen LogP contribution in [0.15, 0.2) is 52.5 Å². The van der Waals surface area contributed by atoms with Gasteiger partial charge in [-0.2, -0.15) is 0 Å². The number of rotatable bonds is 5. The number of aryl methyl sites for hydroxylation is 1. The highest BCUT2D eigenvalue weighted by molar-refractivity contribution is 7.83. The largest absolute Gasteiger partial charge is 0.269 e. The van der Waals surface area contributed by atoms with Crippen LogP contribution in [0.1, 0.15) is 32.8 Å². The van der Waals surface area contributed by atoms with Crippen molar-refractivity contribution in [1.82, 2.24) is 4.72 Å². The molecule has 1 amide bonds. The SMILES string of the molecule is CC/C(C)=C/C=C(\C)C(=O)NS(=O)c1ccc(C)cc1. The van der Waals surface area contributed by atoms with Gasteiger partial charge in [0.1, 0.15) is 0 Å². The molecule has 0 aliphatic heterocycles. The molecule has 1 aromatic rings. The number of benzene rings is 1. The third-order valence-corrected chi connectivity index (χ3v) is 4.03. The van der Waals surface area contributed by atoms with Crippen LogP contribution in [-0.4, -0.2) is 10.1 Å². The highest BCUT2D eigenvalue weighted by Gasteiger charge is 2.09. The monoisotopic (exact) mass is 291 g/mol. The molecule has 1 atom stereocenters. The molecule has 4 heteroatoms. The second kappa shape index (κ2) is 7.80. The zero-order valence-corrected chi connectivity index (χ0v) is 13.2. The summed E-state index contributed by atoms with van der Waals surface area (Å²) in [6.45, 7) is 7.73. The summed E-state index contributed by atoms with van der Waals surface area (Å²) in [4.78, 5) is 12.5. The Hall–Kier alpha value is -1.68.